The molecule has 0 fully saturated rings. The average molecular weight is 819 g/mol. The fourth-order valence-electron chi connectivity index (χ4n) is 5.38. The van der Waals surface area contributed by atoms with E-state index >= 15 is 0 Å². The van der Waals surface area contributed by atoms with Gasteiger partial charge in [0.15, 0.2) is 34.5 Å². The number of esters is 3. The Kier molecular flexibility index (Phi) is 20.5. The van der Waals surface area contributed by atoms with Gasteiger partial charge in [0.1, 0.15) is 13.2 Å². The Labute approximate surface area is 355 Å². The van der Waals surface area contributed by atoms with Crippen molar-refractivity contribution >= 4 is 36.1 Å². The molecule has 0 aromatic heterocycles. The van der Waals surface area contributed by atoms with Crippen LogP contribution in [0.2, 0.25) is 0 Å². The largest absolute Gasteiger partial charge is 0.493 e. The molecule has 10 nitrogen and oxygen atoms in total. The van der Waals surface area contributed by atoms with Crippen molar-refractivity contribution in [3.8, 4) is 34.5 Å². The molecular formula is C50H58O10. The van der Waals surface area contributed by atoms with Crippen LogP contribution in [0.25, 0.3) is 18.2 Å². The van der Waals surface area contributed by atoms with Gasteiger partial charge in [0, 0.05) is 18.2 Å². The van der Waals surface area contributed by atoms with Gasteiger partial charge in [0.25, 0.3) is 0 Å². The third-order valence-electron chi connectivity index (χ3n) is 8.72. The molecule has 3 aromatic carbocycles. The normalized spacial score (nSPS) is 11.7. The van der Waals surface area contributed by atoms with Gasteiger partial charge in [-0.3, -0.25) is 0 Å². The van der Waals surface area contributed by atoms with E-state index in [1.54, 1.807) is 68.8 Å². The Balaban J connectivity index is 1.71. The minimum atomic E-state index is -0.742. The average Bonchev–Trinajstić information content (AvgIpc) is 3.22. The number of carbonyl (C=O) groups excluding carboxylic acids is 3. The van der Waals surface area contributed by atoms with Gasteiger partial charge < -0.3 is 33.2 Å². The number of methoxy groups -OCH3 is 3. The zero-order valence-corrected chi connectivity index (χ0v) is 36.3. The van der Waals surface area contributed by atoms with E-state index in [1.807, 2.05) is 12.2 Å². The van der Waals surface area contributed by atoms with Gasteiger partial charge >= 0.3 is 17.9 Å². The second-order valence-electron chi connectivity index (χ2n) is 14.3. The van der Waals surface area contributed by atoms with Gasteiger partial charge in [-0.05, 0) is 151 Å². The van der Waals surface area contributed by atoms with E-state index in [-0.39, 0.29) is 11.5 Å². The molecule has 0 bridgehead atoms. The summed E-state index contributed by atoms with van der Waals surface area (Å²) in [5.74, 6) is 0.0347. The van der Waals surface area contributed by atoms with E-state index < -0.39 is 17.9 Å². The molecule has 0 saturated carbocycles. The van der Waals surface area contributed by atoms with Crippen molar-refractivity contribution in [2.24, 2.45) is 0 Å². The van der Waals surface area contributed by atoms with E-state index in [2.05, 4.69) is 58.4 Å². The summed E-state index contributed by atoms with van der Waals surface area (Å²) in [6.07, 6.45) is 20.7. The van der Waals surface area contributed by atoms with Crippen LogP contribution in [0.3, 0.4) is 0 Å². The predicted octanol–water partition coefficient (Wildman–Crippen LogP) is 11.3. The Morgan fingerprint density at radius 2 is 0.850 bits per heavy atom. The standard InChI is InChI=1S/C50H58O10/c1-35(2)12-10-14-37(5)28-30-57-42-22-16-39(32-45(42)54-7)20-26-49(52)59-44-24-18-41(19-25-48(51)56-9)34-47(44)60-50(53)27-21-40-17-23-43(46(33-40)55-8)58-31-29-38(6)15-11-13-36(3)4/h12-13,16-29,32-34H,10-11,14-15,30-31H2,1-9H3/b25-19+,26-20+,27-21+,37-28+,38-29+. The Hall–Kier alpha value is -6.55. The number of benzene rings is 3. The lowest BCUT2D eigenvalue weighted by atomic mass is 10.1. The molecule has 0 N–H and O–H groups in total. The maximum Gasteiger partial charge on any atom is 0.336 e. The molecule has 0 heterocycles. The number of allylic oxidation sites excluding steroid dienone is 6. The SMILES string of the molecule is COC(=O)/C=C/c1ccc(OC(=O)/C=C/c2ccc(OC/C=C(\C)CCC=C(C)C)c(OC)c2)c(OC(=O)/C=C/c2ccc(OC/C=C(\C)CCC=C(C)C)c(OC)c2)c1. The maximum atomic E-state index is 13.1. The molecule has 0 saturated heterocycles. The van der Waals surface area contributed by atoms with Gasteiger partial charge in [0.05, 0.1) is 21.3 Å². The van der Waals surface area contributed by atoms with E-state index in [0.29, 0.717) is 52.9 Å². The first-order valence-corrected chi connectivity index (χ1v) is 19.7. The van der Waals surface area contributed by atoms with E-state index in [1.165, 1.54) is 65.8 Å². The summed E-state index contributed by atoms with van der Waals surface area (Å²) in [4.78, 5) is 37.9. The second-order valence-corrected chi connectivity index (χ2v) is 14.3. The minimum Gasteiger partial charge on any atom is -0.493 e. The highest BCUT2D eigenvalue weighted by Gasteiger charge is 2.14. The molecule has 3 rings (SSSR count). The predicted molar refractivity (Wildman–Crippen MR) is 239 cm³/mol. The van der Waals surface area contributed by atoms with E-state index in [9.17, 15) is 14.4 Å². The van der Waals surface area contributed by atoms with Gasteiger partial charge in [-0.25, -0.2) is 14.4 Å². The number of hydrogen-bond acceptors (Lipinski definition) is 10. The van der Waals surface area contributed by atoms with Crippen molar-refractivity contribution < 1.29 is 47.5 Å². The van der Waals surface area contributed by atoms with Crippen LogP contribution in [0.15, 0.2) is 119 Å². The summed E-state index contributed by atoms with van der Waals surface area (Å²) in [5, 5.41) is 0. The summed E-state index contributed by atoms with van der Waals surface area (Å²) in [6.45, 7) is 13.3. The second kappa shape index (κ2) is 25.7. The molecule has 0 aliphatic carbocycles. The molecule has 3 aromatic rings. The molecule has 0 unspecified atom stereocenters. The summed E-state index contributed by atoms with van der Waals surface area (Å²) in [7, 11) is 4.35. The van der Waals surface area contributed by atoms with Crippen LogP contribution in [0.4, 0.5) is 0 Å². The van der Waals surface area contributed by atoms with Crippen LogP contribution in [-0.2, 0) is 19.1 Å². The van der Waals surface area contributed by atoms with Crippen molar-refractivity contribution in [1.29, 1.82) is 0 Å². The summed E-state index contributed by atoms with van der Waals surface area (Å²) in [5.41, 5.74) is 6.88. The van der Waals surface area contributed by atoms with E-state index in [0.717, 1.165) is 25.7 Å². The number of hydrogen-bond donors (Lipinski definition) is 0. The van der Waals surface area contributed by atoms with Crippen molar-refractivity contribution in [3.63, 3.8) is 0 Å². The topological polar surface area (TPSA) is 116 Å². The van der Waals surface area contributed by atoms with Crippen LogP contribution in [0.1, 0.15) is 83.9 Å². The highest BCUT2D eigenvalue weighted by Crippen LogP contribution is 2.32. The van der Waals surface area contributed by atoms with Crippen molar-refractivity contribution in [2.75, 3.05) is 34.5 Å². The first-order chi connectivity index (χ1) is 28.8. The van der Waals surface area contributed by atoms with E-state index in [4.69, 9.17) is 28.4 Å². The highest BCUT2D eigenvalue weighted by molar-refractivity contribution is 5.92. The molecule has 0 aliphatic heterocycles. The molecule has 318 valence electrons. The molecule has 60 heavy (non-hydrogen) atoms. The summed E-state index contributed by atoms with van der Waals surface area (Å²) in [6, 6.07) is 15.1. The molecular weight excluding hydrogens is 761 g/mol. The van der Waals surface area contributed by atoms with Gasteiger partial charge in [-0.2, -0.15) is 0 Å². The quantitative estimate of drug-likeness (QED) is 0.0420. The monoisotopic (exact) mass is 818 g/mol. The number of rotatable bonds is 22. The fourth-order valence-corrected chi connectivity index (χ4v) is 5.38. The zero-order chi connectivity index (χ0) is 43.9. The number of ether oxygens (including phenoxy) is 7. The third-order valence-corrected chi connectivity index (χ3v) is 8.72. The first-order valence-electron chi connectivity index (χ1n) is 19.7. The molecule has 0 amide bonds. The lowest BCUT2D eigenvalue weighted by Gasteiger charge is -2.11. The summed E-state index contributed by atoms with van der Waals surface area (Å²) < 4.78 is 38.9. The first kappa shape index (κ1) is 47.8. The molecule has 0 spiro atoms. The Bertz CT molecular complexity index is 2140. The molecule has 0 radical (unpaired) electrons. The van der Waals surface area contributed by atoms with Crippen molar-refractivity contribution in [2.45, 2.75) is 67.2 Å². The molecule has 10 heteroatoms. The van der Waals surface area contributed by atoms with Gasteiger partial charge in [0.2, 0.25) is 0 Å². The van der Waals surface area contributed by atoms with Gasteiger partial charge in [-0.15, -0.1) is 0 Å². The maximum absolute atomic E-state index is 13.1. The van der Waals surface area contributed by atoms with Crippen LogP contribution >= 0.6 is 0 Å². The fraction of sp³-hybridized carbons (Fsp3) is 0.300. The van der Waals surface area contributed by atoms with Crippen molar-refractivity contribution in [1.82, 2.24) is 0 Å². The summed E-state index contributed by atoms with van der Waals surface area (Å²) >= 11 is 0. The lowest BCUT2D eigenvalue weighted by Crippen LogP contribution is -2.09. The van der Waals surface area contributed by atoms with Crippen LogP contribution in [-0.4, -0.2) is 52.5 Å². The smallest absolute Gasteiger partial charge is 0.336 e. The van der Waals surface area contributed by atoms with Crippen LogP contribution < -0.4 is 28.4 Å². The molecule has 0 aliphatic rings. The third kappa shape index (κ3) is 17.9. The van der Waals surface area contributed by atoms with Crippen LogP contribution in [0, 0.1) is 0 Å². The lowest BCUT2D eigenvalue weighted by molar-refractivity contribution is -0.134. The Morgan fingerprint density at radius 3 is 1.25 bits per heavy atom. The Morgan fingerprint density at radius 1 is 0.467 bits per heavy atom. The number of carbonyl (C=O) groups is 3. The molecule has 0 atom stereocenters. The zero-order valence-electron chi connectivity index (χ0n) is 36.3. The van der Waals surface area contributed by atoms with Crippen molar-refractivity contribution in [3.05, 3.63) is 136 Å². The van der Waals surface area contributed by atoms with Gasteiger partial charge in [-0.1, -0.05) is 52.6 Å². The van der Waals surface area contributed by atoms with Crippen LogP contribution in [0.5, 0.6) is 34.5 Å². The minimum absolute atomic E-state index is 0.0171. The highest BCUT2D eigenvalue weighted by atomic mass is 16.6.